The Labute approximate surface area is 226 Å². The summed E-state index contributed by atoms with van der Waals surface area (Å²) in [6, 6.07) is 12.4. The van der Waals surface area contributed by atoms with Crippen LogP contribution in [0.1, 0.15) is 10.4 Å². The molecule has 0 bridgehead atoms. The summed E-state index contributed by atoms with van der Waals surface area (Å²) in [6.07, 6.45) is 2.05. The van der Waals surface area contributed by atoms with Gasteiger partial charge in [-0.05, 0) is 42.7 Å². The van der Waals surface area contributed by atoms with Gasteiger partial charge in [-0.1, -0.05) is 17.4 Å². The molecule has 2 aromatic carbocycles. The van der Waals surface area contributed by atoms with Gasteiger partial charge in [0.1, 0.15) is 0 Å². The summed E-state index contributed by atoms with van der Waals surface area (Å²) in [5.41, 5.74) is 1.50. The largest absolute Gasteiger partial charge is 0.383 e. The van der Waals surface area contributed by atoms with Crippen molar-refractivity contribution in [2.45, 2.75) is 9.79 Å². The van der Waals surface area contributed by atoms with Crippen molar-refractivity contribution in [1.82, 2.24) is 14.2 Å². The van der Waals surface area contributed by atoms with Gasteiger partial charge in [0.25, 0.3) is 5.91 Å². The Morgan fingerprint density at radius 1 is 1.03 bits per heavy atom. The Balaban J connectivity index is 1.40. The van der Waals surface area contributed by atoms with Crippen LogP contribution in [-0.4, -0.2) is 101 Å². The second-order valence-electron chi connectivity index (χ2n) is 8.50. The molecule has 0 saturated carbocycles. The summed E-state index contributed by atoms with van der Waals surface area (Å²) in [5, 5.41) is 0.977. The first-order chi connectivity index (χ1) is 17.9. The van der Waals surface area contributed by atoms with E-state index in [0.29, 0.717) is 31.7 Å². The fourth-order valence-electron chi connectivity index (χ4n) is 4.15. The smallest absolute Gasteiger partial charge is 0.253 e. The minimum atomic E-state index is -3.73. The van der Waals surface area contributed by atoms with E-state index < -0.39 is 10.0 Å². The molecule has 1 saturated heterocycles. The van der Waals surface area contributed by atoms with Gasteiger partial charge in [-0.2, -0.15) is 4.31 Å². The minimum Gasteiger partial charge on any atom is -0.383 e. The number of methoxy groups -OCH3 is 2. The van der Waals surface area contributed by atoms with Crippen molar-refractivity contribution in [3.8, 4) is 0 Å². The molecule has 1 amide bonds. The summed E-state index contributed by atoms with van der Waals surface area (Å²) in [6.45, 7) is 3.54. The zero-order chi connectivity index (χ0) is 26.4. The lowest BCUT2D eigenvalue weighted by atomic mass is 10.2. The molecule has 4 rings (SSSR count). The molecule has 0 spiro atoms. The number of para-hydroxylation sites is 1. The van der Waals surface area contributed by atoms with Crippen LogP contribution in [0, 0.1) is 0 Å². The third kappa shape index (κ3) is 6.27. The molecule has 1 aromatic heterocycles. The van der Waals surface area contributed by atoms with E-state index in [1.165, 1.54) is 40.3 Å². The summed E-state index contributed by atoms with van der Waals surface area (Å²) in [5.74, 6) is -0.104. The maximum atomic E-state index is 13.1. The topological polar surface area (TPSA) is 92.3 Å². The third-order valence-electron chi connectivity index (χ3n) is 6.26. The van der Waals surface area contributed by atoms with Gasteiger partial charge >= 0.3 is 0 Å². The average Bonchev–Trinajstić information content (AvgIpc) is 3.37. The Kier molecular flexibility index (Phi) is 9.43. The lowest BCUT2D eigenvalue weighted by Gasteiger charge is -2.34. The number of carbonyl (C=O) groups is 1. The molecule has 3 aromatic rings. The van der Waals surface area contributed by atoms with E-state index in [0.717, 1.165) is 10.6 Å². The second kappa shape index (κ2) is 12.5. The van der Waals surface area contributed by atoms with Crippen LogP contribution >= 0.6 is 23.1 Å². The monoisotopic (exact) mass is 564 g/mol. The summed E-state index contributed by atoms with van der Waals surface area (Å²) >= 11 is 3.37. The van der Waals surface area contributed by atoms with Crippen LogP contribution in [0.3, 0.4) is 0 Å². The van der Waals surface area contributed by atoms with Crippen LogP contribution in [0.25, 0.3) is 10.2 Å². The normalized spacial score (nSPS) is 14.6. The number of carbonyl (C=O) groups excluding carboxylic acids is 1. The van der Waals surface area contributed by atoms with Gasteiger partial charge in [0, 0.05) is 63.9 Å². The number of aromatic nitrogens is 1. The highest BCUT2D eigenvalue weighted by atomic mass is 32.2. The number of amides is 1. The quantitative estimate of drug-likeness (QED) is 0.328. The van der Waals surface area contributed by atoms with E-state index in [-0.39, 0.29) is 37.1 Å². The number of benzene rings is 2. The van der Waals surface area contributed by atoms with Gasteiger partial charge < -0.3 is 19.3 Å². The first-order valence-electron chi connectivity index (χ1n) is 11.9. The predicted octanol–water partition coefficient (Wildman–Crippen LogP) is 3.26. The predicted molar refractivity (Wildman–Crippen MR) is 148 cm³/mol. The molecule has 12 heteroatoms. The zero-order valence-electron chi connectivity index (χ0n) is 21.3. The molecule has 0 N–H and O–H groups in total. The van der Waals surface area contributed by atoms with Crippen molar-refractivity contribution in [1.29, 1.82) is 0 Å². The average molecular weight is 565 g/mol. The first kappa shape index (κ1) is 27.8. The molecule has 1 aliphatic rings. The number of ether oxygens (including phenoxy) is 2. The van der Waals surface area contributed by atoms with Gasteiger partial charge in [-0.15, -0.1) is 11.8 Å². The molecular weight excluding hydrogens is 532 g/mol. The van der Waals surface area contributed by atoms with Crippen LogP contribution in [0.4, 0.5) is 5.13 Å². The molecule has 0 unspecified atom stereocenters. The van der Waals surface area contributed by atoms with E-state index in [1.54, 1.807) is 35.2 Å². The highest BCUT2D eigenvalue weighted by Crippen LogP contribution is 2.34. The molecule has 0 aliphatic carbocycles. The first-order valence-corrected chi connectivity index (χ1v) is 15.4. The van der Waals surface area contributed by atoms with E-state index in [2.05, 4.69) is 29.4 Å². The Hall–Kier alpha value is -2.22. The van der Waals surface area contributed by atoms with Crippen molar-refractivity contribution >= 4 is 54.4 Å². The van der Waals surface area contributed by atoms with Crippen molar-refractivity contribution in [2.24, 2.45) is 0 Å². The molecule has 1 aliphatic heterocycles. The Morgan fingerprint density at radius 2 is 1.68 bits per heavy atom. The van der Waals surface area contributed by atoms with Crippen LogP contribution in [0.15, 0.2) is 52.3 Å². The second-order valence-corrected chi connectivity index (χ2v) is 12.3. The summed E-state index contributed by atoms with van der Waals surface area (Å²) < 4.78 is 38.8. The van der Waals surface area contributed by atoms with Gasteiger partial charge in [-0.25, -0.2) is 13.4 Å². The third-order valence-corrected chi connectivity index (χ3v) is 10.0. The van der Waals surface area contributed by atoms with Crippen molar-refractivity contribution in [2.75, 3.05) is 77.9 Å². The number of nitrogens with zero attached hydrogens (tertiary/aromatic N) is 4. The van der Waals surface area contributed by atoms with Gasteiger partial charge in [0.2, 0.25) is 10.0 Å². The van der Waals surface area contributed by atoms with Crippen LogP contribution in [0.2, 0.25) is 0 Å². The van der Waals surface area contributed by atoms with Gasteiger partial charge in [0.15, 0.2) is 5.13 Å². The van der Waals surface area contributed by atoms with Crippen molar-refractivity contribution in [3.63, 3.8) is 0 Å². The SMILES string of the molecule is COCCN(CCOC)S(=O)(=O)c1ccc(C(=O)N2CCN(c3nc4c(SC)cccc4s3)CC2)cc1. The zero-order valence-corrected chi connectivity index (χ0v) is 23.7. The summed E-state index contributed by atoms with van der Waals surface area (Å²) in [4.78, 5) is 23.3. The van der Waals surface area contributed by atoms with E-state index in [4.69, 9.17) is 14.5 Å². The number of sulfonamides is 1. The van der Waals surface area contributed by atoms with Crippen LogP contribution < -0.4 is 4.90 Å². The molecule has 1 fully saturated rings. The highest BCUT2D eigenvalue weighted by Gasteiger charge is 2.27. The molecule has 200 valence electrons. The number of thioether (sulfide) groups is 1. The Bertz CT molecular complexity index is 1300. The molecule has 37 heavy (non-hydrogen) atoms. The lowest BCUT2D eigenvalue weighted by Crippen LogP contribution is -2.48. The maximum Gasteiger partial charge on any atom is 0.253 e. The van der Waals surface area contributed by atoms with Gasteiger partial charge in [-0.3, -0.25) is 4.79 Å². The fraction of sp³-hybridized carbons (Fsp3) is 0.440. The van der Waals surface area contributed by atoms with E-state index in [1.807, 2.05) is 4.90 Å². The van der Waals surface area contributed by atoms with Crippen LogP contribution in [0.5, 0.6) is 0 Å². The maximum absolute atomic E-state index is 13.1. The van der Waals surface area contributed by atoms with E-state index in [9.17, 15) is 13.2 Å². The van der Waals surface area contributed by atoms with Gasteiger partial charge in [0.05, 0.1) is 28.3 Å². The van der Waals surface area contributed by atoms with Crippen LogP contribution in [-0.2, 0) is 19.5 Å². The fourth-order valence-corrected chi connectivity index (χ4v) is 7.23. The number of piperazine rings is 1. The Morgan fingerprint density at radius 3 is 2.27 bits per heavy atom. The van der Waals surface area contributed by atoms with Crippen molar-refractivity contribution in [3.05, 3.63) is 48.0 Å². The van der Waals surface area contributed by atoms with Crippen molar-refractivity contribution < 1.29 is 22.7 Å². The van der Waals surface area contributed by atoms with E-state index >= 15 is 0 Å². The molecular formula is C25H32N4O5S3. The lowest BCUT2D eigenvalue weighted by molar-refractivity contribution is 0.0746. The number of thiazole rings is 1. The number of fused-ring (bicyclic) bond motifs is 1. The minimum absolute atomic E-state index is 0.104. The standard InChI is InChI=1S/C25H32N4O5S3/c1-33-17-15-29(16-18-34-2)37(31,32)20-9-7-19(8-10-20)24(30)27-11-13-28(14-12-27)25-26-23-21(35-3)5-4-6-22(23)36-25/h4-10H,11-18H2,1-3H3. The molecule has 2 heterocycles. The summed E-state index contributed by atoms with van der Waals surface area (Å²) in [7, 11) is -0.674. The molecule has 0 atom stereocenters. The highest BCUT2D eigenvalue weighted by molar-refractivity contribution is 7.98. The number of rotatable bonds is 11. The number of hydrogen-bond donors (Lipinski definition) is 0. The number of hydrogen-bond acceptors (Lipinski definition) is 9. The number of anilines is 1. The molecule has 0 radical (unpaired) electrons. The molecule has 9 nitrogen and oxygen atoms in total.